The van der Waals surface area contributed by atoms with Crippen molar-refractivity contribution in [2.45, 2.75) is 24.5 Å². The van der Waals surface area contributed by atoms with Crippen LogP contribution in [0.4, 0.5) is 0 Å². The summed E-state index contributed by atoms with van der Waals surface area (Å²) in [5.41, 5.74) is 9.39. The maximum absolute atomic E-state index is 14.2. The van der Waals surface area contributed by atoms with Crippen molar-refractivity contribution in [3.05, 3.63) is 156 Å². The van der Waals surface area contributed by atoms with E-state index in [-0.39, 0.29) is 17.9 Å². The van der Waals surface area contributed by atoms with Crippen molar-refractivity contribution in [3.8, 4) is 22.3 Å². The number of carbonyl (C=O) groups excluding carboxylic acids is 2. The van der Waals surface area contributed by atoms with E-state index in [9.17, 15) is 9.59 Å². The number of rotatable bonds is 7. The van der Waals surface area contributed by atoms with Crippen LogP contribution in [-0.4, -0.2) is 41.8 Å². The summed E-state index contributed by atoms with van der Waals surface area (Å²) in [6, 6.07) is 43.2. The lowest BCUT2D eigenvalue weighted by Gasteiger charge is -2.33. The van der Waals surface area contributed by atoms with Crippen molar-refractivity contribution in [3.63, 3.8) is 0 Å². The van der Waals surface area contributed by atoms with Gasteiger partial charge in [-0.2, -0.15) is 0 Å². The molecule has 2 amide bonds. The van der Waals surface area contributed by atoms with Gasteiger partial charge in [-0.25, -0.2) is 0 Å². The van der Waals surface area contributed by atoms with Gasteiger partial charge in [-0.15, -0.1) is 0 Å². The Kier molecular flexibility index (Phi) is 7.95. The molecule has 46 heavy (non-hydrogen) atoms. The lowest BCUT2D eigenvalue weighted by atomic mass is 9.86. The van der Waals surface area contributed by atoms with Crippen LogP contribution in [0.25, 0.3) is 33.2 Å². The lowest BCUT2D eigenvalue weighted by molar-refractivity contribution is -0.135. The van der Waals surface area contributed by atoms with E-state index in [2.05, 4.69) is 64.1 Å². The van der Waals surface area contributed by atoms with E-state index in [1.165, 1.54) is 4.90 Å². The third-order valence-electron chi connectivity index (χ3n) is 8.91. The number of fused-ring (bicyclic) bond motifs is 3. The number of likely N-dealkylation sites (N-methyl/N-ethyl adjacent to an activating group) is 1. The number of hydrogen-bond donors (Lipinski definition) is 3. The maximum atomic E-state index is 14.2. The van der Waals surface area contributed by atoms with E-state index >= 15 is 0 Å². The fourth-order valence-corrected chi connectivity index (χ4v) is 6.57. The molecule has 7 rings (SSSR count). The molecule has 6 nitrogen and oxygen atoms in total. The molecule has 6 heteroatoms. The van der Waals surface area contributed by atoms with Gasteiger partial charge in [0.05, 0.1) is 12.1 Å². The average Bonchev–Trinajstić information content (AvgIpc) is 3.49. The molecule has 0 saturated carbocycles. The first kappa shape index (κ1) is 29.3. The Bertz CT molecular complexity index is 2000. The Hall–Kier alpha value is -5.46. The highest BCUT2D eigenvalue weighted by Gasteiger charge is 2.36. The van der Waals surface area contributed by atoms with Gasteiger partial charge in [0.25, 0.3) is 0 Å². The molecule has 5 aromatic carbocycles. The summed E-state index contributed by atoms with van der Waals surface area (Å²) in [5.74, 6) is -0.402. The normalized spacial score (nSPS) is 16.4. The smallest absolute Gasteiger partial charge is 0.249 e. The first-order valence-electron chi connectivity index (χ1n) is 15.6. The second-order valence-electron chi connectivity index (χ2n) is 12.0. The Morgan fingerprint density at radius 3 is 2.04 bits per heavy atom. The Morgan fingerprint density at radius 1 is 0.717 bits per heavy atom. The predicted molar refractivity (Wildman–Crippen MR) is 184 cm³/mol. The second kappa shape index (κ2) is 12.5. The van der Waals surface area contributed by atoms with Crippen LogP contribution < -0.4 is 10.6 Å². The predicted octanol–water partition coefficient (Wildman–Crippen LogP) is 7.05. The molecule has 0 aliphatic carbocycles. The Labute approximate surface area is 269 Å². The van der Waals surface area contributed by atoms with Crippen molar-refractivity contribution >= 4 is 22.7 Å². The molecule has 2 heterocycles. The number of carbonyl (C=O) groups is 2. The van der Waals surface area contributed by atoms with Crippen LogP contribution in [0.3, 0.4) is 0 Å². The standard InChI is InChI=1S/C40H36N4O2/c1-44(2)40(46)36(29-23-21-27(22-24-29)26-13-5-3-6-14-26)43-39(45)35-25-33-31-18-11-12-20-34(31)41-38(33)37(42-35)32-19-10-9-17-30(32)28-15-7-4-8-16-28/h3-24,35-37,41-42H,25H2,1-2H3,(H,43,45)/t35-,36?,37+/m1/s1. The van der Waals surface area contributed by atoms with Crippen LogP contribution in [0.15, 0.2) is 133 Å². The molecule has 0 saturated heterocycles. The number of hydrogen-bond acceptors (Lipinski definition) is 3. The van der Waals surface area contributed by atoms with Crippen molar-refractivity contribution in [1.82, 2.24) is 20.5 Å². The summed E-state index contributed by atoms with van der Waals surface area (Å²) in [5, 5.41) is 7.92. The number of H-pyrrole nitrogens is 1. The van der Waals surface area contributed by atoms with Gasteiger partial charge in [0.1, 0.15) is 6.04 Å². The topological polar surface area (TPSA) is 77.2 Å². The molecule has 1 aliphatic heterocycles. The quantitative estimate of drug-likeness (QED) is 0.183. The third kappa shape index (κ3) is 5.59. The van der Waals surface area contributed by atoms with Crippen LogP contribution in [0.1, 0.15) is 34.5 Å². The third-order valence-corrected chi connectivity index (χ3v) is 8.91. The van der Waals surface area contributed by atoms with Crippen LogP contribution >= 0.6 is 0 Å². The first-order chi connectivity index (χ1) is 22.5. The fourth-order valence-electron chi connectivity index (χ4n) is 6.57. The van der Waals surface area contributed by atoms with Gasteiger partial charge in [-0.3, -0.25) is 14.9 Å². The molecular weight excluding hydrogens is 568 g/mol. The fraction of sp³-hybridized carbons (Fsp3) is 0.150. The van der Waals surface area contributed by atoms with Gasteiger partial charge in [0, 0.05) is 30.7 Å². The molecule has 6 aromatic rings. The van der Waals surface area contributed by atoms with Gasteiger partial charge >= 0.3 is 0 Å². The molecule has 0 fully saturated rings. The minimum Gasteiger partial charge on any atom is -0.357 e. The van der Waals surface area contributed by atoms with E-state index < -0.39 is 12.1 Å². The minimum absolute atomic E-state index is 0.185. The highest BCUT2D eigenvalue weighted by Crippen LogP contribution is 2.39. The summed E-state index contributed by atoms with van der Waals surface area (Å²) in [6.07, 6.45) is 0.491. The van der Waals surface area contributed by atoms with E-state index in [4.69, 9.17) is 0 Å². The number of benzene rings is 5. The summed E-state index contributed by atoms with van der Waals surface area (Å²) in [6.45, 7) is 0. The molecule has 3 atom stereocenters. The molecule has 1 unspecified atom stereocenters. The first-order valence-corrected chi connectivity index (χ1v) is 15.6. The molecule has 0 bridgehead atoms. The summed E-state index contributed by atoms with van der Waals surface area (Å²) >= 11 is 0. The number of nitrogens with zero attached hydrogens (tertiary/aromatic N) is 1. The maximum Gasteiger partial charge on any atom is 0.249 e. The van der Waals surface area contributed by atoms with Gasteiger partial charge in [-0.1, -0.05) is 127 Å². The number of para-hydroxylation sites is 1. The van der Waals surface area contributed by atoms with Crippen molar-refractivity contribution in [1.29, 1.82) is 0 Å². The number of amides is 2. The lowest BCUT2D eigenvalue weighted by Crippen LogP contribution is -2.52. The number of aromatic nitrogens is 1. The van der Waals surface area contributed by atoms with Crippen LogP contribution in [0, 0.1) is 0 Å². The van der Waals surface area contributed by atoms with E-state index in [0.717, 1.165) is 55.5 Å². The monoisotopic (exact) mass is 604 g/mol. The zero-order chi connectivity index (χ0) is 31.6. The van der Waals surface area contributed by atoms with Crippen LogP contribution in [-0.2, 0) is 16.0 Å². The molecule has 3 N–H and O–H groups in total. The van der Waals surface area contributed by atoms with E-state index in [1.54, 1.807) is 14.1 Å². The average molecular weight is 605 g/mol. The zero-order valence-electron chi connectivity index (χ0n) is 25.9. The summed E-state index contributed by atoms with van der Waals surface area (Å²) in [4.78, 5) is 33.0. The van der Waals surface area contributed by atoms with Crippen molar-refractivity contribution in [2.24, 2.45) is 0 Å². The van der Waals surface area contributed by atoms with Gasteiger partial charge in [-0.05, 0) is 51.4 Å². The summed E-state index contributed by atoms with van der Waals surface area (Å²) < 4.78 is 0. The summed E-state index contributed by atoms with van der Waals surface area (Å²) in [7, 11) is 3.43. The molecule has 1 aromatic heterocycles. The molecular formula is C40H36N4O2. The minimum atomic E-state index is -0.825. The molecule has 1 aliphatic rings. The van der Waals surface area contributed by atoms with Gasteiger partial charge in [0.15, 0.2) is 0 Å². The van der Waals surface area contributed by atoms with E-state index in [0.29, 0.717) is 6.42 Å². The molecule has 0 radical (unpaired) electrons. The van der Waals surface area contributed by atoms with Crippen LogP contribution in [0.5, 0.6) is 0 Å². The van der Waals surface area contributed by atoms with E-state index in [1.807, 2.05) is 84.9 Å². The number of aromatic amines is 1. The SMILES string of the molecule is CN(C)C(=O)C(NC(=O)[C@H]1Cc2c([nH]c3ccccc23)[C@H](c2ccccc2-c2ccccc2)N1)c1ccc(-c2ccccc2)cc1. The van der Waals surface area contributed by atoms with Crippen molar-refractivity contribution < 1.29 is 9.59 Å². The molecule has 228 valence electrons. The number of nitrogens with one attached hydrogen (secondary N) is 3. The Morgan fingerprint density at radius 2 is 1.33 bits per heavy atom. The highest BCUT2D eigenvalue weighted by atomic mass is 16.2. The zero-order valence-corrected chi connectivity index (χ0v) is 25.9. The Balaban J connectivity index is 1.24. The largest absolute Gasteiger partial charge is 0.357 e. The van der Waals surface area contributed by atoms with Gasteiger partial charge in [0.2, 0.25) is 11.8 Å². The highest BCUT2D eigenvalue weighted by molar-refractivity contribution is 5.92. The second-order valence-corrected chi connectivity index (χ2v) is 12.0. The molecule has 0 spiro atoms. The van der Waals surface area contributed by atoms with Crippen molar-refractivity contribution in [2.75, 3.05) is 14.1 Å². The van der Waals surface area contributed by atoms with Crippen LogP contribution in [0.2, 0.25) is 0 Å². The van der Waals surface area contributed by atoms with Gasteiger partial charge < -0.3 is 15.2 Å².